The number of anilines is 2. The molecule has 1 aromatic heterocycles. The van der Waals surface area contributed by atoms with E-state index in [1.165, 1.54) is 17.9 Å². The van der Waals surface area contributed by atoms with Crippen molar-refractivity contribution in [1.82, 2.24) is 4.98 Å². The number of carbonyl (C=O) groups is 2. The van der Waals surface area contributed by atoms with E-state index in [2.05, 4.69) is 4.98 Å². The molecule has 0 saturated heterocycles. The van der Waals surface area contributed by atoms with Crippen LogP contribution in [-0.4, -0.2) is 27.6 Å². The zero-order chi connectivity index (χ0) is 18.5. The van der Waals surface area contributed by atoms with Gasteiger partial charge in [-0.15, -0.1) is 0 Å². The van der Waals surface area contributed by atoms with Crippen molar-refractivity contribution >= 4 is 44.2 Å². The van der Waals surface area contributed by atoms with Crippen molar-refractivity contribution in [3.05, 3.63) is 48.3 Å². The molecule has 8 heteroatoms. The van der Waals surface area contributed by atoms with Crippen molar-refractivity contribution in [3.63, 3.8) is 0 Å². The van der Waals surface area contributed by atoms with E-state index in [1.807, 2.05) is 0 Å². The predicted molar refractivity (Wildman–Crippen MR) is 94.5 cm³/mol. The summed E-state index contributed by atoms with van der Waals surface area (Å²) in [6.07, 6.45) is -0.504. The summed E-state index contributed by atoms with van der Waals surface area (Å²) in [5.74, 6) is -1.77. The molecule has 0 fully saturated rings. The monoisotopic (exact) mass is 372 g/mol. The Morgan fingerprint density at radius 3 is 2.81 bits per heavy atom. The molecule has 26 heavy (non-hydrogen) atoms. The molecule has 6 nitrogen and oxygen atoms in total. The maximum atomic E-state index is 14.0. The number of hydrogen-bond acceptors (Lipinski definition) is 5. The first-order chi connectivity index (χ1) is 12.4. The molecule has 1 atom stereocenters. The van der Waals surface area contributed by atoms with E-state index in [1.54, 1.807) is 36.4 Å². The SMILES string of the molecule is CC1(CC(=O)O)Oc2ccccc2N(c2nc3cccc(F)c3s2)C1=O. The minimum Gasteiger partial charge on any atom is -0.481 e. The van der Waals surface area contributed by atoms with Crippen LogP contribution in [0.4, 0.5) is 15.2 Å². The Bertz CT molecular complexity index is 1050. The third kappa shape index (κ3) is 2.50. The molecule has 0 radical (unpaired) electrons. The summed E-state index contributed by atoms with van der Waals surface area (Å²) in [7, 11) is 0. The van der Waals surface area contributed by atoms with Gasteiger partial charge in [0.15, 0.2) is 10.7 Å². The normalized spacial score (nSPS) is 19.3. The number of aliphatic carboxylic acids is 1. The van der Waals surface area contributed by atoms with E-state index in [0.29, 0.717) is 21.7 Å². The smallest absolute Gasteiger partial charge is 0.307 e. The lowest BCUT2D eigenvalue weighted by molar-refractivity contribution is -0.148. The van der Waals surface area contributed by atoms with Crippen LogP contribution < -0.4 is 9.64 Å². The maximum Gasteiger partial charge on any atom is 0.307 e. The largest absolute Gasteiger partial charge is 0.481 e. The van der Waals surface area contributed by atoms with Crippen LogP contribution in [0.3, 0.4) is 0 Å². The topological polar surface area (TPSA) is 79.7 Å². The van der Waals surface area contributed by atoms with Crippen molar-refractivity contribution in [2.75, 3.05) is 4.90 Å². The summed E-state index contributed by atoms with van der Waals surface area (Å²) < 4.78 is 20.1. The lowest BCUT2D eigenvalue weighted by Crippen LogP contribution is -2.53. The van der Waals surface area contributed by atoms with Gasteiger partial charge in [-0.25, -0.2) is 14.3 Å². The number of carboxylic acids is 1. The number of benzene rings is 2. The molecular weight excluding hydrogens is 359 g/mol. The molecular formula is C18H13FN2O4S. The molecule has 1 amide bonds. The van der Waals surface area contributed by atoms with Gasteiger partial charge in [0.25, 0.3) is 5.91 Å². The Balaban J connectivity index is 1.90. The van der Waals surface area contributed by atoms with Crippen LogP contribution in [0.25, 0.3) is 10.2 Å². The highest BCUT2D eigenvalue weighted by Gasteiger charge is 2.47. The fourth-order valence-corrected chi connectivity index (χ4v) is 3.93. The minimum atomic E-state index is -1.59. The van der Waals surface area contributed by atoms with Crippen LogP contribution in [0.1, 0.15) is 13.3 Å². The second-order valence-electron chi connectivity index (χ2n) is 6.10. The fourth-order valence-electron chi connectivity index (χ4n) is 2.95. The van der Waals surface area contributed by atoms with E-state index < -0.39 is 29.7 Å². The molecule has 0 saturated carbocycles. The third-order valence-electron chi connectivity index (χ3n) is 4.13. The first-order valence-corrected chi connectivity index (χ1v) is 8.60. The van der Waals surface area contributed by atoms with Crippen LogP contribution >= 0.6 is 11.3 Å². The van der Waals surface area contributed by atoms with Gasteiger partial charge in [-0.1, -0.05) is 29.5 Å². The number of amides is 1. The first kappa shape index (κ1) is 16.5. The molecule has 3 aromatic rings. The average molecular weight is 372 g/mol. The molecule has 2 aromatic carbocycles. The van der Waals surface area contributed by atoms with Crippen LogP contribution in [0, 0.1) is 5.82 Å². The van der Waals surface area contributed by atoms with Gasteiger partial charge in [-0.3, -0.25) is 9.59 Å². The van der Waals surface area contributed by atoms with Crippen molar-refractivity contribution in [2.45, 2.75) is 18.9 Å². The summed E-state index contributed by atoms with van der Waals surface area (Å²) in [5, 5.41) is 9.46. The number of rotatable bonds is 3. The predicted octanol–water partition coefficient (Wildman–Crippen LogP) is 3.73. The fraction of sp³-hybridized carbons (Fsp3) is 0.167. The van der Waals surface area contributed by atoms with Gasteiger partial charge in [0.1, 0.15) is 11.6 Å². The first-order valence-electron chi connectivity index (χ1n) is 7.78. The molecule has 1 N–H and O–H groups in total. The van der Waals surface area contributed by atoms with Crippen molar-refractivity contribution in [2.24, 2.45) is 0 Å². The zero-order valence-corrected chi connectivity index (χ0v) is 14.4. The Morgan fingerprint density at radius 1 is 1.31 bits per heavy atom. The minimum absolute atomic E-state index is 0.266. The number of halogens is 1. The van der Waals surface area contributed by atoms with Crippen LogP contribution in [0.2, 0.25) is 0 Å². The number of aromatic nitrogens is 1. The number of ether oxygens (including phenoxy) is 1. The van der Waals surface area contributed by atoms with Crippen LogP contribution in [-0.2, 0) is 9.59 Å². The van der Waals surface area contributed by atoms with Gasteiger partial charge in [0.05, 0.1) is 22.3 Å². The van der Waals surface area contributed by atoms with E-state index >= 15 is 0 Å². The maximum absolute atomic E-state index is 14.0. The number of carbonyl (C=O) groups excluding carboxylic acids is 1. The summed E-state index contributed by atoms with van der Waals surface area (Å²) in [4.78, 5) is 30.0. The van der Waals surface area contributed by atoms with Crippen molar-refractivity contribution in [1.29, 1.82) is 0 Å². The number of fused-ring (bicyclic) bond motifs is 2. The highest BCUT2D eigenvalue weighted by molar-refractivity contribution is 7.22. The lowest BCUT2D eigenvalue weighted by Gasteiger charge is -2.38. The van der Waals surface area contributed by atoms with Gasteiger partial charge < -0.3 is 9.84 Å². The van der Waals surface area contributed by atoms with Gasteiger partial charge in [0.2, 0.25) is 0 Å². The molecule has 1 aliphatic heterocycles. The Kier molecular flexibility index (Phi) is 3.66. The average Bonchev–Trinajstić information content (AvgIpc) is 3.00. The molecule has 0 aliphatic carbocycles. The molecule has 0 bridgehead atoms. The summed E-state index contributed by atoms with van der Waals surface area (Å²) >= 11 is 1.03. The van der Waals surface area contributed by atoms with Crippen LogP contribution in [0.15, 0.2) is 42.5 Å². The molecule has 1 unspecified atom stereocenters. The standard InChI is InChI=1S/C18H13FN2O4S/c1-18(9-14(22)23)16(24)21(12-7-2-3-8-13(12)25-18)17-20-11-6-4-5-10(19)15(11)26-17/h2-8H,9H2,1H3,(H,22,23). The number of hydrogen-bond donors (Lipinski definition) is 1. The number of thiazole rings is 1. The van der Waals surface area contributed by atoms with Gasteiger partial charge in [-0.2, -0.15) is 0 Å². The number of para-hydroxylation sites is 2. The van der Waals surface area contributed by atoms with Gasteiger partial charge >= 0.3 is 5.97 Å². The van der Waals surface area contributed by atoms with E-state index in [0.717, 1.165) is 11.3 Å². The molecule has 0 spiro atoms. The Hall–Kier alpha value is -3.00. The number of nitrogens with zero attached hydrogens (tertiary/aromatic N) is 2. The second kappa shape index (κ2) is 5.77. The van der Waals surface area contributed by atoms with Crippen molar-refractivity contribution < 1.29 is 23.8 Å². The lowest BCUT2D eigenvalue weighted by atomic mass is 9.97. The Morgan fingerprint density at radius 2 is 2.08 bits per heavy atom. The van der Waals surface area contributed by atoms with Gasteiger partial charge in [0, 0.05) is 0 Å². The summed E-state index contributed by atoms with van der Waals surface area (Å²) in [5.41, 5.74) is -0.710. The zero-order valence-electron chi connectivity index (χ0n) is 13.6. The second-order valence-corrected chi connectivity index (χ2v) is 7.07. The summed E-state index contributed by atoms with van der Waals surface area (Å²) in [6.45, 7) is 1.43. The summed E-state index contributed by atoms with van der Waals surface area (Å²) in [6, 6.07) is 11.3. The highest BCUT2D eigenvalue weighted by Crippen LogP contribution is 2.45. The van der Waals surface area contributed by atoms with Gasteiger partial charge in [-0.05, 0) is 31.2 Å². The molecule has 132 valence electrons. The number of carboxylic acid groups (broad SMARTS) is 1. The highest BCUT2D eigenvalue weighted by atomic mass is 32.1. The molecule has 2 heterocycles. The van der Waals surface area contributed by atoms with E-state index in [-0.39, 0.29) is 5.13 Å². The van der Waals surface area contributed by atoms with E-state index in [4.69, 9.17) is 4.74 Å². The molecule has 1 aliphatic rings. The van der Waals surface area contributed by atoms with Crippen LogP contribution in [0.5, 0.6) is 5.75 Å². The van der Waals surface area contributed by atoms with Crippen molar-refractivity contribution in [3.8, 4) is 5.75 Å². The molecule has 4 rings (SSSR count). The Labute approximate surface area is 151 Å². The quantitative estimate of drug-likeness (QED) is 0.758. The van der Waals surface area contributed by atoms with E-state index in [9.17, 15) is 19.1 Å². The third-order valence-corrected chi connectivity index (χ3v) is 5.20.